The Morgan fingerprint density at radius 1 is 1.00 bits per heavy atom. The molecule has 0 radical (unpaired) electrons. The Kier molecular flexibility index (Phi) is 4.48. The second-order valence-electron chi connectivity index (χ2n) is 4.43. The molecule has 0 unspecified atom stereocenters. The smallest absolute Gasteiger partial charge is 0.269 e. The van der Waals surface area contributed by atoms with Gasteiger partial charge in [0.25, 0.3) is 10.9 Å². The van der Waals surface area contributed by atoms with Crippen molar-refractivity contribution in [3.05, 3.63) is 81.9 Å². The first kappa shape index (κ1) is 15.6. The molecule has 2 aromatic rings. The van der Waals surface area contributed by atoms with Crippen LogP contribution >= 0.6 is 11.6 Å². The number of carbonyl (C=O) groups is 2. The van der Waals surface area contributed by atoms with Crippen LogP contribution in [0.1, 0.15) is 26.3 Å². The highest BCUT2D eigenvalue weighted by molar-refractivity contribution is 6.68. The second kappa shape index (κ2) is 6.32. The number of benzene rings is 2. The monoisotopic (exact) mass is 315 g/mol. The van der Waals surface area contributed by atoms with Gasteiger partial charge in [-0.2, -0.15) is 0 Å². The number of Topliss-reactive ketones (excluding diaryl/α,β-unsaturated/α-hetero) is 1. The Bertz CT molecular complexity index is 781. The van der Waals surface area contributed by atoms with E-state index < -0.39 is 15.9 Å². The molecule has 0 aliphatic rings. The summed E-state index contributed by atoms with van der Waals surface area (Å²) in [7, 11) is 0. The minimum atomic E-state index is -0.687. The summed E-state index contributed by atoms with van der Waals surface area (Å²) in [6.45, 7) is 3.71. The number of rotatable bonds is 5. The van der Waals surface area contributed by atoms with Crippen LogP contribution in [0.25, 0.3) is 5.57 Å². The fourth-order valence-corrected chi connectivity index (χ4v) is 2.11. The van der Waals surface area contributed by atoms with Crippen LogP contribution < -0.4 is 0 Å². The van der Waals surface area contributed by atoms with Gasteiger partial charge in [0, 0.05) is 28.8 Å². The second-order valence-corrected chi connectivity index (χ2v) is 4.77. The van der Waals surface area contributed by atoms with Crippen LogP contribution in [0.4, 0.5) is 5.69 Å². The van der Waals surface area contributed by atoms with E-state index in [1.165, 1.54) is 30.3 Å². The topological polar surface area (TPSA) is 77.3 Å². The van der Waals surface area contributed by atoms with Gasteiger partial charge in [-0.15, -0.1) is 0 Å². The zero-order chi connectivity index (χ0) is 16.3. The number of nitro benzene ring substituents is 1. The molecular weight excluding hydrogens is 306 g/mol. The fourth-order valence-electron chi connectivity index (χ4n) is 1.95. The molecule has 0 bridgehead atoms. The third-order valence-corrected chi connectivity index (χ3v) is 3.28. The summed E-state index contributed by atoms with van der Waals surface area (Å²) >= 11 is 5.49. The number of halogens is 1. The maximum atomic E-state index is 12.4. The first-order valence-electron chi connectivity index (χ1n) is 6.19. The molecule has 0 saturated carbocycles. The highest BCUT2D eigenvalue weighted by Gasteiger charge is 2.18. The Hall–Kier alpha value is -2.79. The molecular formula is C16H10ClNO4. The van der Waals surface area contributed by atoms with E-state index in [4.69, 9.17) is 11.6 Å². The van der Waals surface area contributed by atoms with Gasteiger partial charge >= 0.3 is 0 Å². The number of non-ortho nitro benzene ring substituents is 1. The Morgan fingerprint density at radius 3 is 2.05 bits per heavy atom. The molecule has 110 valence electrons. The van der Waals surface area contributed by atoms with E-state index in [-0.39, 0.29) is 22.4 Å². The number of ketones is 1. The van der Waals surface area contributed by atoms with Gasteiger partial charge < -0.3 is 0 Å². The summed E-state index contributed by atoms with van der Waals surface area (Å²) in [5, 5.41) is 9.92. The van der Waals surface area contributed by atoms with Crippen molar-refractivity contribution in [1.82, 2.24) is 0 Å². The average Bonchev–Trinajstić information content (AvgIpc) is 2.53. The van der Waals surface area contributed by atoms with E-state index in [1.54, 1.807) is 18.2 Å². The predicted octanol–water partition coefficient (Wildman–Crippen LogP) is 3.87. The van der Waals surface area contributed by atoms with Crippen molar-refractivity contribution >= 4 is 33.9 Å². The molecule has 2 rings (SSSR count). The lowest BCUT2D eigenvalue weighted by Crippen LogP contribution is -2.05. The van der Waals surface area contributed by atoms with E-state index in [0.29, 0.717) is 5.56 Å². The molecule has 0 saturated heterocycles. The molecule has 5 nitrogen and oxygen atoms in total. The van der Waals surface area contributed by atoms with E-state index in [2.05, 4.69) is 6.58 Å². The van der Waals surface area contributed by atoms with Gasteiger partial charge in [0.1, 0.15) is 0 Å². The summed E-state index contributed by atoms with van der Waals surface area (Å²) in [4.78, 5) is 33.8. The third-order valence-electron chi connectivity index (χ3n) is 3.08. The number of hydrogen-bond acceptors (Lipinski definition) is 4. The van der Waals surface area contributed by atoms with Crippen molar-refractivity contribution in [1.29, 1.82) is 0 Å². The fraction of sp³-hybridized carbons (Fsp3) is 0. The minimum Gasteiger partial charge on any atom is -0.289 e. The Balaban J connectivity index is 2.35. The lowest BCUT2D eigenvalue weighted by atomic mass is 9.95. The number of allylic oxidation sites excluding steroid dienone is 1. The lowest BCUT2D eigenvalue weighted by molar-refractivity contribution is -0.384. The van der Waals surface area contributed by atoms with Crippen LogP contribution in [0.15, 0.2) is 55.1 Å². The minimum absolute atomic E-state index is 0.0958. The molecule has 22 heavy (non-hydrogen) atoms. The molecule has 0 aromatic heterocycles. The summed E-state index contributed by atoms with van der Waals surface area (Å²) in [5.74, 6) is -0.430. The maximum Gasteiger partial charge on any atom is 0.269 e. The Morgan fingerprint density at radius 2 is 1.55 bits per heavy atom. The summed E-state index contributed by atoms with van der Waals surface area (Å²) in [6.07, 6.45) is 0. The number of carbonyl (C=O) groups excluding carboxylic acids is 2. The van der Waals surface area contributed by atoms with Crippen molar-refractivity contribution in [2.45, 2.75) is 0 Å². The van der Waals surface area contributed by atoms with Gasteiger partial charge in [-0.3, -0.25) is 19.7 Å². The van der Waals surface area contributed by atoms with E-state index in [1.807, 2.05) is 0 Å². The van der Waals surface area contributed by atoms with E-state index in [9.17, 15) is 19.7 Å². The van der Waals surface area contributed by atoms with Crippen molar-refractivity contribution in [3.63, 3.8) is 0 Å². The number of nitro groups is 1. The largest absolute Gasteiger partial charge is 0.289 e. The highest BCUT2D eigenvalue weighted by Crippen LogP contribution is 2.24. The zero-order valence-electron chi connectivity index (χ0n) is 11.3. The molecule has 0 aliphatic heterocycles. The summed E-state index contributed by atoms with van der Waals surface area (Å²) in [5.41, 5.74) is 0.750. The molecule has 0 amide bonds. The average molecular weight is 316 g/mol. The number of nitrogens with zero attached hydrogens (tertiary/aromatic N) is 1. The molecule has 2 aromatic carbocycles. The van der Waals surface area contributed by atoms with Crippen LogP contribution in [0.2, 0.25) is 0 Å². The molecule has 0 heterocycles. The summed E-state index contributed by atoms with van der Waals surface area (Å²) in [6, 6.07) is 11.5. The first-order valence-corrected chi connectivity index (χ1v) is 6.57. The molecule has 0 fully saturated rings. The Labute approximate surface area is 131 Å². The lowest BCUT2D eigenvalue weighted by Gasteiger charge is -2.08. The molecule has 0 spiro atoms. The zero-order valence-corrected chi connectivity index (χ0v) is 12.0. The van der Waals surface area contributed by atoms with E-state index in [0.717, 1.165) is 0 Å². The van der Waals surface area contributed by atoms with Gasteiger partial charge in [-0.05, 0) is 35.4 Å². The number of hydrogen-bond donors (Lipinski definition) is 0. The van der Waals surface area contributed by atoms with Crippen molar-refractivity contribution in [3.8, 4) is 0 Å². The maximum absolute atomic E-state index is 12.4. The van der Waals surface area contributed by atoms with Gasteiger partial charge in [0.15, 0.2) is 5.78 Å². The highest BCUT2D eigenvalue weighted by atomic mass is 35.5. The van der Waals surface area contributed by atoms with Crippen molar-refractivity contribution in [2.75, 3.05) is 0 Å². The standard InChI is InChI=1S/C16H10ClNO4/c1-10(13-4-2-3-5-14(13)16(17)20)15(19)11-6-8-12(9-7-11)18(21)22/h2-9H,1H2. The van der Waals surface area contributed by atoms with Crippen LogP contribution in [-0.4, -0.2) is 15.9 Å². The van der Waals surface area contributed by atoms with Crippen molar-refractivity contribution in [2.24, 2.45) is 0 Å². The quantitative estimate of drug-likeness (QED) is 0.276. The van der Waals surface area contributed by atoms with Gasteiger partial charge in [0.2, 0.25) is 0 Å². The van der Waals surface area contributed by atoms with Crippen LogP contribution in [0, 0.1) is 10.1 Å². The summed E-state index contributed by atoms with van der Waals surface area (Å²) < 4.78 is 0. The van der Waals surface area contributed by atoms with E-state index >= 15 is 0 Å². The van der Waals surface area contributed by atoms with Crippen LogP contribution in [0.5, 0.6) is 0 Å². The van der Waals surface area contributed by atoms with Crippen molar-refractivity contribution < 1.29 is 14.5 Å². The molecule has 0 N–H and O–H groups in total. The van der Waals surface area contributed by atoms with Gasteiger partial charge in [0.05, 0.1) is 4.92 Å². The molecule has 6 heteroatoms. The SMILES string of the molecule is C=C(C(=O)c1ccc([N+](=O)[O-])cc1)c1ccccc1C(=O)Cl. The molecule has 0 aliphatic carbocycles. The van der Waals surface area contributed by atoms with Gasteiger partial charge in [-0.25, -0.2) is 0 Å². The predicted molar refractivity (Wildman–Crippen MR) is 83.1 cm³/mol. The van der Waals surface area contributed by atoms with Crippen LogP contribution in [0.3, 0.4) is 0 Å². The normalized spacial score (nSPS) is 10.0. The van der Waals surface area contributed by atoms with Crippen LogP contribution in [-0.2, 0) is 0 Å². The van der Waals surface area contributed by atoms with Gasteiger partial charge in [-0.1, -0.05) is 24.8 Å². The molecule has 0 atom stereocenters. The third kappa shape index (κ3) is 3.10. The first-order chi connectivity index (χ1) is 10.4.